The van der Waals surface area contributed by atoms with Crippen LogP contribution >= 0.6 is 0 Å². The summed E-state index contributed by atoms with van der Waals surface area (Å²) in [6.45, 7) is 7.59. The first kappa shape index (κ1) is 13.6. The highest BCUT2D eigenvalue weighted by atomic mass is 14.9. The normalized spacial score (nSPS) is 12.4. The van der Waals surface area contributed by atoms with Gasteiger partial charge in [-0.2, -0.15) is 0 Å². The van der Waals surface area contributed by atoms with Gasteiger partial charge in [0.05, 0.1) is 11.9 Å². The van der Waals surface area contributed by atoms with Gasteiger partial charge in [-0.25, -0.2) is 0 Å². The van der Waals surface area contributed by atoms with E-state index in [9.17, 15) is 0 Å². The summed E-state index contributed by atoms with van der Waals surface area (Å²) in [5, 5.41) is 3.53. The lowest BCUT2D eigenvalue weighted by atomic mass is 9.88. The molecule has 19 heavy (non-hydrogen) atoms. The van der Waals surface area contributed by atoms with Crippen molar-refractivity contribution in [1.82, 2.24) is 4.98 Å². The van der Waals surface area contributed by atoms with Gasteiger partial charge in [0.15, 0.2) is 0 Å². The van der Waals surface area contributed by atoms with Crippen LogP contribution in [0.5, 0.6) is 0 Å². The molecule has 2 rings (SSSR count). The fourth-order valence-corrected chi connectivity index (χ4v) is 2.31. The maximum Gasteiger partial charge on any atom is 0.0556 e. The largest absolute Gasteiger partial charge is 0.383 e. The van der Waals surface area contributed by atoms with Gasteiger partial charge in [-0.05, 0) is 30.0 Å². The molecule has 0 amide bonds. The van der Waals surface area contributed by atoms with E-state index in [1.54, 1.807) is 0 Å². The molecule has 0 radical (unpaired) electrons. The maximum atomic E-state index is 4.18. The molecule has 1 aromatic heterocycles. The van der Waals surface area contributed by atoms with Crippen LogP contribution in [0, 0.1) is 12.8 Å². The van der Waals surface area contributed by atoms with E-state index in [0.29, 0.717) is 11.8 Å². The Morgan fingerprint density at radius 2 is 1.84 bits per heavy atom. The van der Waals surface area contributed by atoms with Crippen LogP contribution in [0.1, 0.15) is 30.9 Å². The van der Waals surface area contributed by atoms with Crippen molar-refractivity contribution < 1.29 is 0 Å². The Labute approximate surface area is 115 Å². The SMILES string of the molecule is Cc1ccncc1NCC(c1ccccc1)C(C)C. The van der Waals surface area contributed by atoms with Crippen molar-refractivity contribution in [3.8, 4) is 0 Å². The second kappa shape index (κ2) is 6.37. The molecule has 0 aliphatic rings. The zero-order chi connectivity index (χ0) is 13.7. The van der Waals surface area contributed by atoms with Crippen LogP contribution in [0.2, 0.25) is 0 Å². The zero-order valence-corrected chi connectivity index (χ0v) is 11.9. The number of hydrogen-bond donors (Lipinski definition) is 1. The van der Waals surface area contributed by atoms with Crippen molar-refractivity contribution in [2.45, 2.75) is 26.7 Å². The molecule has 0 spiro atoms. The van der Waals surface area contributed by atoms with Crippen molar-refractivity contribution >= 4 is 5.69 Å². The van der Waals surface area contributed by atoms with Gasteiger partial charge in [0.1, 0.15) is 0 Å². The number of anilines is 1. The minimum absolute atomic E-state index is 0.515. The standard InChI is InChI=1S/C17H22N2/c1-13(2)16(15-7-5-4-6-8-15)11-19-17-12-18-10-9-14(17)3/h4-10,12-13,16,19H,11H2,1-3H3. The third-order valence-electron chi connectivity index (χ3n) is 3.58. The Balaban J connectivity index is 2.09. The summed E-state index contributed by atoms with van der Waals surface area (Å²) in [7, 11) is 0. The van der Waals surface area contributed by atoms with Crippen LogP contribution in [-0.4, -0.2) is 11.5 Å². The van der Waals surface area contributed by atoms with E-state index in [-0.39, 0.29) is 0 Å². The molecular weight excluding hydrogens is 232 g/mol. The second-order valence-corrected chi connectivity index (χ2v) is 5.33. The highest BCUT2D eigenvalue weighted by Gasteiger charge is 2.15. The molecule has 0 fully saturated rings. The topological polar surface area (TPSA) is 24.9 Å². The highest BCUT2D eigenvalue weighted by molar-refractivity contribution is 5.48. The van der Waals surface area contributed by atoms with Crippen LogP contribution in [0.15, 0.2) is 48.8 Å². The fraction of sp³-hybridized carbons (Fsp3) is 0.353. The molecular formula is C17H22N2. The molecule has 2 nitrogen and oxygen atoms in total. The summed E-state index contributed by atoms with van der Waals surface area (Å²) in [6.07, 6.45) is 3.73. The molecule has 100 valence electrons. The summed E-state index contributed by atoms with van der Waals surface area (Å²) < 4.78 is 0. The number of rotatable bonds is 5. The zero-order valence-electron chi connectivity index (χ0n) is 11.9. The lowest BCUT2D eigenvalue weighted by molar-refractivity contribution is 0.517. The summed E-state index contributed by atoms with van der Waals surface area (Å²) in [5.41, 5.74) is 3.76. The lowest BCUT2D eigenvalue weighted by Crippen LogP contribution is -2.18. The second-order valence-electron chi connectivity index (χ2n) is 5.33. The lowest BCUT2D eigenvalue weighted by Gasteiger charge is -2.23. The van der Waals surface area contributed by atoms with Crippen molar-refractivity contribution in [1.29, 1.82) is 0 Å². The van der Waals surface area contributed by atoms with Crippen molar-refractivity contribution in [3.05, 3.63) is 59.9 Å². The maximum absolute atomic E-state index is 4.18. The third kappa shape index (κ3) is 3.57. The quantitative estimate of drug-likeness (QED) is 0.863. The minimum atomic E-state index is 0.515. The van der Waals surface area contributed by atoms with Gasteiger partial charge in [0.2, 0.25) is 0 Å². The average Bonchev–Trinajstić information content (AvgIpc) is 2.42. The Morgan fingerprint density at radius 3 is 2.47 bits per heavy atom. The van der Waals surface area contributed by atoms with E-state index in [2.05, 4.69) is 61.4 Å². The predicted molar refractivity (Wildman–Crippen MR) is 81.5 cm³/mol. The number of aryl methyl sites for hydroxylation is 1. The third-order valence-corrected chi connectivity index (χ3v) is 3.58. The smallest absolute Gasteiger partial charge is 0.0556 e. The van der Waals surface area contributed by atoms with Gasteiger partial charge in [-0.15, -0.1) is 0 Å². The summed E-state index contributed by atoms with van der Waals surface area (Å²) in [6, 6.07) is 12.7. The molecule has 1 atom stereocenters. The van der Waals surface area contributed by atoms with Crippen LogP contribution in [0.25, 0.3) is 0 Å². The van der Waals surface area contributed by atoms with Gasteiger partial charge in [0, 0.05) is 18.7 Å². The number of benzene rings is 1. The first-order valence-corrected chi connectivity index (χ1v) is 6.88. The van der Waals surface area contributed by atoms with E-state index >= 15 is 0 Å². The van der Waals surface area contributed by atoms with E-state index in [1.165, 1.54) is 11.1 Å². The molecule has 0 saturated heterocycles. The van der Waals surface area contributed by atoms with Crippen molar-refractivity contribution in [2.75, 3.05) is 11.9 Å². The van der Waals surface area contributed by atoms with E-state index < -0.39 is 0 Å². The number of nitrogens with one attached hydrogen (secondary N) is 1. The van der Waals surface area contributed by atoms with Gasteiger partial charge < -0.3 is 5.32 Å². The first-order chi connectivity index (χ1) is 9.18. The molecule has 1 N–H and O–H groups in total. The van der Waals surface area contributed by atoms with Crippen LogP contribution in [0.4, 0.5) is 5.69 Å². The predicted octanol–water partition coefficient (Wildman–Crippen LogP) is 4.24. The summed E-state index contributed by atoms with van der Waals surface area (Å²) in [4.78, 5) is 4.18. The minimum Gasteiger partial charge on any atom is -0.383 e. The Kier molecular flexibility index (Phi) is 4.56. The monoisotopic (exact) mass is 254 g/mol. The van der Waals surface area contributed by atoms with Crippen molar-refractivity contribution in [2.24, 2.45) is 5.92 Å². The molecule has 1 heterocycles. The number of aromatic nitrogens is 1. The van der Waals surface area contributed by atoms with Gasteiger partial charge >= 0.3 is 0 Å². The van der Waals surface area contributed by atoms with Gasteiger partial charge in [-0.1, -0.05) is 44.2 Å². The first-order valence-electron chi connectivity index (χ1n) is 6.88. The summed E-state index contributed by atoms with van der Waals surface area (Å²) in [5.74, 6) is 1.12. The molecule has 2 heteroatoms. The number of hydrogen-bond acceptors (Lipinski definition) is 2. The van der Waals surface area contributed by atoms with E-state index in [4.69, 9.17) is 0 Å². The fourth-order valence-electron chi connectivity index (χ4n) is 2.31. The molecule has 0 bridgehead atoms. The molecule has 0 saturated carbocycles. The van der Waals surface area contributed by atoms with E-state index in [0.717, 1.165) is 12.2 Å². The highest BCUT2D eigenvalue weighted by Crippen LogP contribution is 2.25. The molecule has 2 aromatic rings. The van der Waals surface area contributed by atoms with E-state index in [1.807, 2.05) is 18.5 Å². The molecule has 0 aliphatic heterocycles. The van der Waals surface area contributed by atoms with Gasteiger partial charge in [-0.3, -0.25) is 4.98 Å². The molecule has 1 aromatic carbocycles. The Hall–Kier alpha value is -1.83. The van der Waals surface area contributed by atoms with Crippen LogP contribution < -0.4 is 5.32 Å². The molecule has 0 aliphatic carbocycles. The van der Waals surface area contributed by atoms with Gasteiger partial charge in [0.25, 0.3) is 0 Å². The molecule has 1 unspecified atom stereocenters. The summed E-state index contributed by atoms with van der Waals surface area (Å²) >= 11 is 0. The number of pyridine rings is 1. The average molecular weight is 254 g/mol. The number of nitrogens with zero attached hydrogens (tertiary/aromatic N) is 1. The van der Waals surface area contributed by atoms with Crippen molar-refractivity contribution in [3.63, 3.8) is 0 Å². The van der Waals surface area contributed by atoms with Crippen LogP contribution in [0.3, 0.4) is 0 Å². The Bertz CT molecular complexity index is 506. The van der Waals surface area contributed by atoms with Crippen LogP contribution in [-0.2, 0) is 0 Å². The Morgan fingerprint density at radius 1 is 1.11 bits per heavy atom.